The fraction of sp³-hybridized carbons (Fsp3) is 0.455. The number of carbonyl (C=O) groups is 2. The molecule has 1 aromatic rings. The van der Waals surface area contributed by atoms with E-state index in [1.807, 2.05) is 0 Å². The van der Waals surface area contributed by atoms with Crippen LogP contribution in [-0.2, 0) is 9.47 Å². The summed E-state index contributed by atoms with van der Waals surface area (Å²) < 4.78 is 9.78. The number of rotatable bonds is 2. The molecule has 0 saturated carbocycles. The molecule has 0 spiro atoms. The van der Waals surface area contributed by atoms with E-state index in [1.54, 1.807) is 17.0 Å². The maximum absolute atomic E-state index is 12.1. The molecule has 0 atom stereocenters. The van der Waals surface area contributed by atoms with Gasteiger partial charge in [-0.3, -0.25) is 4.79 Å². The zero-order chi connectivity index (χ0) is 12.3. The van der Waals surface area contributed by atoms with Gasteiger partial charge in [0.1, 0.15) is 4.88 Å². The van der Waals surface area contributed by atoms with E-state index in [0.29, 0.717) is 36.1 Å². The summed E-state index contributed by atoms with van der Waals surface area (Å²) in [6.45, 7) is 2.34. The Labute approximate surface area is 103 Å². The van der Waals surface area contributed by atoms with Crippen molar-refractivity contribution in [1.82, 2.24) is 4.90 Å². The summed E-state index contributed by atoms with van der Waals surface area (Å²) >= 11 is 1.16. The Morgan fingerprint density at radius 1 is 1.29 bits per heavy atom. The van der Waals surface area contributed by atoms with Gasteiger partial charge >= 0.3 is 5.97 Å². The minimum Gasteiger partial charge on any atom is -0.465 e. The van der Waals surface area contributed by atoms with Crippen LogP contribution in [0.1, 0.15) is 19.3 Å². The molecular formula is C11H13NO4S. The molecule has 1 aromatic heterocycles. The summed E-state index contributed by atoms with van der Waals surface area (Å²) in [5, 5.41) is 0. The summed E-state index contributed by atoms with van der Waals surface area (Å²) in [6, 6.07) is 3.28. The lowest BCUT2D eigenvalue weighted by Crippen LogP contribution is -2.40. The highest BCUT2D eigenvalue weighted by atomic mass is 32.1. The van der Waals surface area contributed by atoms with Gasteiger partial charge < -0.3 is 14.4 Å². The Morgan fingerprint density at radius 2 is 1.94 bits per heavy atom. The monoisotopic (exact) mass is 255 g/mol. The van der Waals surface area contributed by atoms with Crippen LogP contribution in [0.15, 0.2) is 12.1 Å². The van der Waals surface area contributed by atoms with Gasteiger partial charge in [-0.15, -0.1) is 11.3 Å². The second-order valence-corrected chi connectivity index (χ2v) is 4.64. The number of esters is 1. The van der Waals surface area contributed by atoms with Crippen LogP contribution in [0.2, 0.25) is 0 Å². The highest BCUT2D eigenvalue weighted by Crippen LogP contribution is 2.19. The molecule has 92 valence electrons. The van der Waals surface area contributed by atoms with Crippen molar-refractivity contribution in [2.75, 3.05) is 33.4 Å². The van der Waals surface area contributed by atoms with Crippen LogP contribution in [0.3, 0.4) is 0 Å². The Hall–Kier alpha value is -1.40. The number of nitrogens with zero attached hydrogens (tertiary/aromatic N) is 1. The molecule has 17 heavy (non-hydrogen) atoms. The second kappa shape index (κ2) is 5.29. The maximum atomic E-state index is 12.1. The number of thiophene rings is 1. The summed E-state index contributed by atoms with van der Waals surface area (Å²) in [4.78, 5) is 26.1. The number of carbonyl (C=O) groups excluding carboxylic acids is 2. The molecule has 1 aliphatic rings. The molecule has 1 saturated heterocycles. The van der Waals surface area contributed by atoms with Crippen LogP contribution in [0.4, 0.5) is 0 Å². The van der Waals surface area contributed by atoms with Gasteiger partial charge in [0.2, 0.25) is 0 Å². The van der Waals surface area contributed by atoms with E-state index >= 15 is 0 Å². The molecule has 1 aliphatic heterocycles. The molecule has 2 rings (SSSR count). The fourth-order valence-corrected chi connectivity index (χ4v) is 2.48. The number of ether oxygens (including phenoxy) is 2. The Balaban J connectivity index is 2.08. The Kier molecular flexibility index (Phi) is 3.75. The third-order valence-corrected chi connectivity index (χ3v) is 3.55. The van der Waals surface area contributed by atoms with Gasteiger partial charge in [0, 0.05) is 13.1 Å². The largest absolute Gasteiger partial charge is 0.465 e. The molecule has 0 unspecified atom stereocenters. The first-order chi connectivity index (χ1) is 8.22. The van der Waals surface area contributed by atoms with E-state index in [-0.39, 0.29) is 5.91 Å². The number of hydrogen-bond donors (Lipinski definition) is 0. The average molecular weight is 255 g/mol. The van der Waals surface area contributed by atoms with Gasteiger partial charge in [-0.1, -0.05) is 0 Å². The minimum atomic E-state index is -0.406. The fourth-order valence-electron chi connectivity index (χ4n) is 1.59. The van der Waals surface area contributed by atoms with E-state index in [4.69, 9.17) is 4.74 Å². The van der Waals surface area contributed by atoms with Crippen LogP contribution in [0.25, 0.3) is 0 Å². The molecule has 2 heterocycles. The van der Waals surface area contributed by atoms with E-state index in [9.17, 15) is 9.59 Å². The van der Waals surface area contributed by atoms with Gasteiger partial charge in [-0.2, -0.15) is 0 Å². The van der Waals surface area contributed by atoms with Crippen molar-refractivity contribution in [2.45, 2.75) is 0 Å². The van der Waals surface area contributed by atoms with Gasteiger partial charge in [0.05, 0.1) is 25.2 Å². The Morgan fingerprint density at radius 3 is 2.59 bits per heavy atom. The van der Waals surface area contributed by atoms with Crippen molar-refractivity contribution >= 4 is 23.2 Å². The number of amides is 1. The van der Waals surface area contributed by atoms with Crippen LogP contribution in [-0.4, -0.2) is 50.2 Å². The second-order valence-electron chi connectivity index (χ2n) is 3.56. The minimum absolute atomic E-state index is 0.0477. The normalized spacial score (nSPS) is 15.7. The van der Waals surface area contributed by atoms with Gasteiger partial charge in [-0.05, 0) is 12.1 Å². The standard InChI is InChI=1S/C11H13NO4S/c1-15-11(14)9-3-2-8(17-9)10(13)12-4-6-16-7-5-12/h2-3H,4-7H2,1H3. The van der Waals surface area contributed by atoms with Gasteiger partial charge in [0.15, 0.2) is 0 Å². The predicted octanol–water partition coefficient (Wildman–Crippen LogP) is 1.01. The SMILES string of the molecule is COC(=O)c1ccc(C(=O)N2CCOCC2)s1. The number of hydrogen-bond acceptors (Lipinski definition) is 5. The van der Waals surface area contributed by atoms with Crippen LogP contribution >= 0.6 is 11.3 Å². The van der Waals surface area contributed by atoms with Crippen molar-refractivity contribution in [3.63, 3.8) is 0 Å². The number of morpholine rings is 1. The lowest BCUT2D eigenvalue weighted by Gasteiger charge is -2.26. The first kappa shape index (κ1) is 12.1. The van der Waals surface area contributed by atoms with Gasteiger partial charge in [-0.25, -0.2) is 4.79 Å². The van der Waals surface area contributed by atoms with Crippen LogP contribution < -0.4 is 0 Å². The van der Waals surface area contributed by atoms with Crippen molar-refractivity contribution in [3.8, 4) is 0 Å². The molecule has 0 bridgehead atoms. The molecule has 0 aliphatic carbocycles. The smallest absolute Gasteiger partial charge is 0.348 e. The summed E-state index contributed by atoms with van der Waals surface area (Å²) in [5.74, 6) is -0.454. The summed E-state index contributed by atoms with van der Waals surface area (Å²) in [7, 11) is 1.32. The molecule has 5 nitrogen and oxygen atoms in total. The highest BCUT2D eigenvalue weighted by Gasteiger charge is 2.21. The van der Waals surface area contributed by atoms with Crippen molar-refractivity contribution in [2.24, 2.45) is 0 Å². The van der Waals surface area contributed by atoms with Crippen LogP contribution in [0.5, 0.6) is 0 Å². The molecule has 6 heteroatoms. The highest BCUT2D eigenvalue weighted by molar-refractivity contribution is 7.15. The lowest BCUT2D eigenvalue weighted by atomic mass is 10.3. The zero-order valence-electron chi connectivity index (χ0n) is 9.47. The third kappa shape index (κ3) is 2.65. The number of methoxy groups -OCH3 is 1. The molecule has 0 radical (unpaired) electrons. The quantitative estimate of drug-likeness (QED) is 0.740. The topological polar surface area (TPSA) is 55.8 Å². The van der Waals surface area contributed by atoms with Crippen LogP contribution in [0, 0.1) is 0 Å². The summed E-state index contributed by atoms with van der Waals surface area (Å²) in [6.07, 6.45) is 0. The molecule has 1 amide bonds. The van der Waals surface area contributed by atoms with E-state index in [0.717, 1.165) is 11.3 Å². The average Bonchev–Trinajstić information content (AvgIpc) is 2.87. The maximum Gasteiger partial charge on any atom is 0.348 e. The van der Waals surface area contributed by atoms with Crippen molar-refractivity contribution in [1.29, 1.82) is 0 Å². The molecule has 0 N–H and O–H groups in total. The molecule has 1 fully saturated rings. The van der Waals surface area contributed by atoms with Crippen molar-refractivity contribution in [3.05, 3.63) is 21.9 Å². The molecule has 0 aromatic carbocycles. The third-order valence-electron chi connectivity index (χ3n) is 2.50. The molecular weight excluding hydrogens is 242 g/mol. The Bertz CT molecular complexity index is 423. The van der Waals surface area contributed by atoms with Gasteiger partial charge in [0.25, 0.3) is 5.91 Å². The van der Waals surface area contributed by atoms with E-state index < -0.39 is 5.97 Å². The first-order valence-corrected chi connectivity index (χ1v) is 6.09. The first-order valence-electron chi connectivity index (χ1n) is 5.27. The van der Waals surface area contributed by atoms with E-state index in [1.165, 1.54) is 7.11 Å². The zero-order valence-corrected chi connectivity index (χ0v) is 10.3. The van der Waals surface area contributed by atoms with Crippen molar-refractivity contribution < 1.29 is 19.1 Å². The summed E-state index contributed by atoms with van der Waals surface area (Å²) in [5.41, 5.74) is 0. The van der Waals surface area contributed by atoms with E-state index in [2.05, 4.69) is 4.74 Å². The predicted molar refractivity (Wildman–Crippen MR) is 62.4 cm³/mol. The lowest BCUT2D eigenvalue weighted by molar-refractivity contribution is 0.0306.